The van der Waals surface area contributed by atoms with Gasteiger partial charge >= 0.3 is 0 Å². The minimum atomic E-state index is -0.133. The summed E-state index contributed by atoms with van der Waals surface area (Å²) < 4.78 is 3.75. The van der Waals surface area contributed by atoms with E-state index in [0.717, 1.165) is 23.5 Å². The van der Waals surface area contributed by atoms with E-state index < -0.39 is 0 Å². The van der Waals surface area contributed by atoms with E-state index in [9.17, 15) is 4.79 Å². The van der Waals surface area contributed by atoms with Crippen molar-refractivity contribution in [2.45, 2.75) is 6.54 Å². The van der Waals surface area contributed by atoms with Gasteiger partial charge in [0.1, 0.15) is 0 Å². The number of carbonyl (C=O) groups is 1. The maximum atomic E-state index is 12.4. The maximum absolute atomic E-state index is 12.4. The molecule has 2 heterocycles. The third-order valence-corrected chi connectivity index (χ3v) is 4.03. The van der Waals surface area contributed by atoms with Crippen LogP contribution in [0.2, 0.25) is 0 Å². The van der Waals surface area contributed by atoms with Crippen LogP contribution in [-0.2, 0) is 6.54 Å². The van der Waals surface area contributed by atoms with Gasteiger partial charge in [-0.2, -0.15) is 5.10 Å². The standard InChI is InChI=1S/C20H17N5O/c26-20(17-4-2-16(3-5-17)14-24-13-11-21-15-24)23-18-6-8-19(9-7-18)25-12-1-10-22-25/h1-13,15H,14H2,(H,23,26). The Morgan fingerprint density at radius 1 is 0.962 bits per heavy atom. The molecule has 0 saturated heterocycles. The van der Waals surface area contributed by atoms with Gasteiger partial charge < -0.3 is 9.88 Å². The van der Waals surface area contributed by atoms with Gasteiger partial charge in [0.25, 0.3) is 5.91 Å². The number of nitrogens with zero attached hydrogens (tertiary/aromatic N) is 4. The predicted molar refractivity (Wildman–Crippen MR) is 99.3 cm³/mol. The zero-order chi connectivity index (χ0) is 17.8. The van der Waals surface area contributed by atoms with Crippen LogP contribution >= 0.6 is 0 Å². The number of hydrogen-bond acceptors (Lipinski definition) is 3. The highest BCUT2D eigenvalue weighted by Crippen LogP contribution is 2.14. The van der Waals surface area contributed by atoms with Crippen LogP contribution < -0.4 is 5.32 Å². The molecule has 0 saturated carbocycles. The van der Waals surface area contributed by atoms with Gasteiger partial charge in [-0.3, -0.25) is 4.79 Å². The van der Waals surface area contributed by atoms with Crippen molar-refractivity contribution < 1.29 is 4.79 Å². The number of anilines is 1. The highest BCUT2D eigenvalue weighted by atomic mass is 16.1. The Morgan fingerprint density at radius 2 is 1.77 bits per heavy atom. The minimum absolute atomic E-state index is 0.133. The molecule has 0 unspecified atom stereocenters. The zero-order valence-electron chi connectivity index (χ0n) is 14.0. The SMILES string of the molecule is O=C(Nc1ccc(-n2cccn2)cc1)c1ccc(Cn2ccnc2)cc1. The predicted octanol–water partition coefficient (Wildman–Crippen LogP) is 3.37. The topological polar surface area (TPSA) is 64.7 Å². The summed E-state index contributed by atoms with van der Waals surface area (Å²) in [5, 5.41) is 7.10. The molecular formula is C20H17N5O. The third kappa shape index (κ3) is 3.54. The summed E-state index contributed by atoms with van der Waals surface area (Å²) in [6.07, 6.45) is 9.03. The number of aromatic nitrogens is 4. The molecule has 6 heteroatoms. The largest absolute Gasteiger partial charge is 0.333 e. The van der Waals surface area contributed by atoms with E-state index in [4.69, 9.17) is 0 Å². The first-order chi connectivity index (χ1) is 12.8. The van der Waals surface area contributed by atoms with Gasteiger partial charge in [-0.1, -0.05) is 12.1 Å². The van der Waals surface area contributed by atoms with Gasteiger partial charge in [0, 0.05) is 42.6 Å². The molecule has 26 heavy (non-hydrogen) atoms. The molecular weight excluding hydrogens is 326 g/mol. The molecule has 6 nitrogen and oxygen atoms in total. The molecule has 4 rings (SSSR count). The Kier molecular flexibility index (Phi) is 4.30. The normalized spacial score (nSPS) is 10.6. The van der Waals surface area contributed by atoms with Crippen molar-refractivity contribution in [3.63, 3.8) is 0 Å². The first-order valence-electron chi connectivity index (χ1n) is 8.24. The van der Waals surface area contributed by atoms with E-state index in [0.29, 0.717) is 5.56 Å². The molecule has 0 aliphatic heterocycles. The van der Waals surface area contributed by atoms with Gasteiger partial charge in [-0.05, 0) is 48.0 Å². The highest BCUT2D eigenvalue weighted by Gasteiger charge is 2.07. The number of hydrogen-bond donors (Lipinski definition) is 1. The average molecular weight is 343 g/mol. The number of nitrogens with one attached hydrogen (secondary N) is 1. The number of amides is 1. The van der Waals surface area contributed by atoms with E-state index >= 15 is 0 Å². The highest BCUT2D eigenvalue weighted by molar-refractivity contribution is 6.04. The van der Waals surface area contributed by atoms with Crippen LogP contribution in [0, 0.1) is 0 Å². The van der Waals surface area contributed by atoms with Gasteiger partial charge in [0.05, 0.1) is 12.0 Å². The fraction of sp³-hybridized carbons (Fsp3) is 0.0500. The Bertz CT molecular complexity index is 972. The Labute approximate surface area is 150 Å². The summed E-state index contributed by atoms with van der Waals surface area (Å²) in [6.45, 7) is 0.733. The van der Waals surface area contributed by atoms with E-state index in [-0.39, 0.29) is 5.91 Å². The summed E-state index contributed by atoms with van der Waals surface area (Å²) >= 11 is 0. The summed E-state index contributed by atoms with van der Waals surface area (Å²) in [7, 11) is 0. The van der Waals surface area contributed by atoms with E-state index in [1.807, 2.05) is 71.6 Å². The molecule has 128 valence electrons. The smallest absolute Gasteiger partial charge is 0.255 e. The van der Waals surface area contributed by atoms with Crippen LogP contribution in [0.15, 0.2) is 85.7 Å². The second-order valence-electron chi connectivity index (χ2n) is 5.88. The molecule has 2 aromatic heterocycles. The summed E-state index contributed by atoms with van der Waals surface area (Å²) in [6, 6.07) is 17.0. The molecule has 0 aliphatic rings. The average Bonchev–Trinajstić information content (AvgIpc) is 3.37. The van der Waals surface area contributed by atoms with Gasteiger partial charge in [-0.25, -0.2) is 9.67 Å². The molecule has 0 atom stereocenters. The van der Waals surface area contributed by atoms with Crippen LogP contribution in [0.5, 0.6) is 0 Å². The van der Waals surface area contributed by atoms with Crippen molar-refractivity contribution in [2.75, 3.05) is 5.32 Å². The molecule has 0 bridgehead atoms. The number of benzene rings is 2. The fourth-order valence-corrected chi connectivity index (χ4v) is 2.67. The summed E-state index contributed by atoms with van der Waals surface area (Å²) in [4.78, 5) is 16.4. The lowest BCUT2D eigenvalue weighted by atomic mass is 10.1. The van der Waals surface area contributed by atoms with Crippen molar-refractivity contribution in [1.29, 1.82) is 0 Å². The van der Waals surface area contributed by atoms with Gasteiger partial charge in [-0.15, -0.1) is 0 Å². The first-order valence-corrected chi connectivity index (χ1v) is 8.24. The minimum Gasteiger partial charge on any atom is -0.333 e. The molecule has 4 aromatic rings. The monoisotopic (exact) mass is 343 g/mol. The van der Waals surface area contributed by atoms with Gasteiger partial charge in [0.15, 0.2) is 0 Å². The maximum Gasteiger partial charge on any atom is 0.255 e. The lowest BCUT2D eigenvalue weighted by Gasteiger charge is -2.08. The fourth-order valence-electron chi connectivity index (χ4n) is 2.67. The van der Waals surface area contributed by atoms with Crippen molar-refractivity contribution >= 4 is 11.6 Å². The van der Waals surface area contributed by atoms with Crippen LogP contribution in [0.1, 0.15) is 15.9 Å². The quantitative estimate of drug-likeness (QED) is 0.604. The Morgan fingerprint density at radius 3 is 2.42 bits per heavy atom. The molecule has 0 spiro atoms. The van der Waals surface area contributed by atoms with Crippen LogP contribution in [-0.4, -0.2) is 25.2 Å². The van der Waals surface area contributed by atoms with E-state index in [1.54, 1.807) is 23.4 Å². The van der Waals surface area contributed by atoms with Crippen molar-refractivity contribution in [2.24, 2.45) is 0 Å². The second-order valence-corrected chi connectivity index (χ2v) is 5.88. The van der Waals surface area contributed by atoms with Crippen LogP contribution in [0.4, 0.5) is 5.69 Å². The molecule has 2 aromatic carbocycles. The second kappa shape index (κ2) is 7.06. The molecule has 1 amide bonds. The Balaban J connectivity index is 1.41. The summed E-state index contributed by atoms with van der Waals surface area (Å²) in [5.41, 5.74) is 3.42. The van der Waals surface area contributed by atoms with Crippen molar-refractivity contribution in [3.05, 3.63) is 96.8 Å². The number of imidazole rings is 1. The molecule has 0 radical (unpaired) electrons. The zero-order valence-corrected chi connectivity index (χ0v) is 14.0. The lowest BCUT2D eigenvalue weighted by Crippen LogP contribution is -2.12. The van der Waals surface area contributed by atoms with Gasteiger partial charge in [0.2, 0.25) is 0 Å². The first kappa shape index (κ1) is 15.8. The lowest BCUT2D eigenvalue weighted by molar-refractivity contribution is 0.102. The number of rotatable bonds is 5. The van der Waals surface area contributed by atoms with E-state index in [1.165, 1.54) is 0 Å². The molecule has 0 aliphatic carbocycles. The summed E-state index contributed by atoms with van der Waals surface area (Å²) in [5.74, 6) is -0.133. The van der Waals surface area contributed by atoms with Crippen molar-refractivity contribution in [1.82, 2.24) is 19.3 Å². The third-order valence-electron chi connectivity index (χ3n) is 4.03. The molecule has 1 N–H and O–H groups in total. The van der Waals surface area contributed by atoms with Crippen LogP contribution in [0.3, 0.4) is 0 Å². The Hall–Kier alpha value is -3.67. The van der Waals surface area contributed by atoms with E-state index in [2.05, 4.69) is 15.4 Å². The molecule has 0 fully saturated rings. The van der Waals surface area contributed by atoms with Crippen molar-refractivity contribution in [3.8, 4) is 5.69 Å². The number of carbonyl (C=O) groups excluding carboxylic acids is 1. The van der Waals surface area contributed by atoms with Crippen LogP contribution in [0.25, 0.3) is 5.69 Å².